The number of hydrogen-bond donors (Lipinski definition) is 1. The first kappa shape index (κ1) is 27.5. The van der Waals surface area contributed by atoms with Crippen molar-refractivity contribution in [3.63, 3.8) is 0 Å². The van der Waals surface area contributed by atoms with Gasteiger partial charge in [0.15, 0.2) is 5.65 Å². The van der Waals surface area contributed by atoms with Crippen LogP contribution in [0.3, 0.4) is 0 Å². The first-order chi connectivity index (χ1) is 20.8. The van der Waals surface area contributed by atoms with Gasteiger partial charge in [-0.05, 0) is 56.9 Å². The minimum Gasteiger partial charge on any atom is -0.507 e. The number of fused-ring (bicyclic) bond motifs is 1. The molecular weight excluding hydrogens is 573 g/mol. The van der Waals surface area contributed by atoms with E-state index in [1.54, 1.807) is 17.3 Å². The van der Waals surface area contributed by atoms with Crippen molar-refractivity contribution in [2.75, 3.05) is 24.5 Å². The van der Waals surface area contributed by atoms with Crippen LogP contribution in [0.5, 0.6) is 5.75 Å². The molecule has 0 radical (unpaired) electrons. The normalized spacial score (nSPS) is 18.7. The summed E-state index contributed by atoms with van der Waals surface area (Å²) in [7, 11) is 0. The van der Waals surface area contributed by atoms with Crippen LogP contribution >= 0.6 is 11.6 Å². The first-order valence-corrected chi connectivity index (χ1v) is 14.8. The smallest absolute Gasteiger partial charge is 0.355 e. The van der Waals surface area contributed by atoms with Gasteiger partial charge in [0.25, 0.3) is 0 Å². The maximum Gasteiger partial charge on any atom is 0.355 e. The number of carbonyl (C=O) groups is 1. The minimum atomic E-state index is -0.700. The lowest BCUT2D eigenvalue weighted by atomic mass is 10.1. The Morgan fingerprint density at radius 2 is 1.81 bits per heavy atom. The lowest BCUT2D eigenvalue weighted by molar-refractivity contribution is -0.128. The third-order valence-electron chi connectivity index (χ3n) is 8.45. The molecule has 1 aliphatic heterocycles. The van der Waals surface area contributed by atoms with Crippen LogP contribution < -0.4 is 10.6 Å². The molecule has 43 heavy (non-hydrogen) atoms. The number of carbonyl (C=O) groups excluding carboxylic acids is 1. The van der Waals surface area contributed by atoms with Gasteiger partial charge in [0.1, 0.15) is 23.7 Å². The van der Waals surface area contributed by atoms with Crippen LogP contribution in [0, 0.1) is 5.82 Å². The number of benzene rings is 1. The molecule has 1 amide bonds. The second kappa shape index (κ2) is 10.4. The zero-order valence-corrected chi connectivity index (χ0v) is 24.3. The molecule has 1 unspecified atom stereocenters. The van der Waals surface area contributed by atoms with Crippen molar-refractivity contribution < 1.29 is 14.3 Å². The number of phenolic OH excluding ortho intramolecular Hbond substituents is 1. The average molecular weight is 602 g/mol. The van der Waals surface area contributed by atoms with E-state index in [2.05, 4.69) is 21.5 Å². The monoisotopic (exact) mass is 601 g/mol. The Morgan fingerprint density at radius 3 is 2.42 bits per heavy atom. The molecule has 10 nitrogen and oxygen atoms in total. The number of hydrogen-bond acceptors (Lipinski definition) is 8. The molecule has 4 heterocycles. The number of rotatable bonds is 6. The van der Waals surface area contributed by atoms with E-state index < -0.39 is 11.5 Å². The molecule has 3 aliphatic rings. The van der Waals surface area contributed by atoms with E-state index in [0.29, 0.717) is 36.5 Å². The number of halogens is 2. The van der Waals surface area contributed by atoms with E-state index in [4.69, 9.17) is 16.6 Å². The zero-order chi connectivity index (χ0) is 30.0. The lowest BCUT2D eigenvalue weighted by Gasteiger charge is -2.40. The fraction of sp³-hybridized carbons (Fsp3) is 0.355. The topological polar surface area (TPSA) is 117 Å². The summed E-state index contributed by atoms with van der Waals surface area (Å²) in [6.45, 7) is 6.76. The standard InChI is InChI=1S/C31H29ClFN7O3/c1-3-23(42)39-12-11-38(14-16(39)2)29-19-13-20(32)27(24-21(33)5-4-6-22(24)41)36-30(19)40(31(43)37-29)28-25(17-7-8-17)34-15-35-26(28)18-9-10-18/h3-6,13,15-18,41H,1,7-12,14H2,2H3. The highest BCUT2D eigenvalue weighted by molar-refractivity contribution is 6.34. The van der Waals surface area contributed by atoms with Crippen molar-refractivity contribution in [3.05, 3.63) is 76.0 Å². The highest BCUT2D eigenvalue weighted by Gasteiger charge is 2.37. The molecular formula is C31H29ClFN7O3. The summed E-state index contributed by atoms with van der Waals surface area (Å²) in [5, 5.41) is 11.2. The molecule has 3 aromatic heterocycles. The molecule has 7 rings (SSSR count). The fourth-order valence-electron chi connectivity index (χ4n) is 6.01. The highest BCUT2D eigenvalue weighted by Crippen LogP contribution is 2.48. The summed E-state index contributed by atoms with van der Waals surface area (Å²) in [6, 6.07) is 5.41. The number of aromatic nitrogens is 5. The molecule has 1 N–H and O–H groups in total. The minimum absolute atomic E-state index is 0.00243. The van der Waals surface area contributed by atoms with Gasteiger partial charge >= 0.3 is 5.69 Å². The van der Waals surface area contributed by atoms with Crippen LogP contribution in [0.4, 0.5) is 10.2 Å². The summed E-state index contributed by atoms with van der Waals surface area (Å²) in [5.41, 5.74) is 1.60. The number of aromatic hydroxyl groups is 1. The van der Waals surface area contributed by atoms with Crippen molar-refractivity contribution in [1.82, 2.24) is 29.4 Å². The molecule has 1 aromatic carbocycles. The van der Waals surface area contributed by atoms with Crippen molar-refractivity contribution in [2.45, 2.75) is 50.5 Å². The predicted octanol–water partition coefficient (Wildman–Crippen LogP) is 4.71. The number of phenols is 1. The fourth-order valence-corrected chi connectivity index (χ4v) is 6.26. The molecule has 0 spiro atoms. The van der Waals surface area contributed by atoms with E-state index >= 15 is 4.39 Å². The molecule has 3 fully saturated rings. The second-order valence-electron chi connectivity index (χ2n) is 11.4. The number of anilines is 1. The van der Waals surface area contributed by atoms with Gasteiger partial charge in [-0.1, -0.05) is 24.2 Å². The van der Waals surface area contributed by atoms with Crippen molar-refractivity contribution in [2.24, 2.45) is 0 Å². The largest absolute Gasteiger partial charge is 0.507 e. The van der Waals surface area contributed by atoms with Gasteiger partial charge in [-0.15, -0.1) is 0 Å². The van der Waals surface area contributed by atoms with Crippen molar-refractivity contribution in [1.29, 1.82) is 0 Å². The van der Waals surface area contributed by atoms with Crippen LogP contribution in [-0.2, 0) is 4.79 Å². The third kappa shape index (κ3) is 4.71. The van der Waals surface area contributed by atoms with E-state index in [1.807, 2.05) is 11.8 Å². The van der Waals surface area contributed by atoms with Crippen LogP contribution in [0.25, 0.3) is 28.0 Å². The van der Waals surface area contributed by atoms with Crippen LogP contribution in [0.1, 0.15) is 55.8 Å². The Bertz CT molecular complexity index is 1820. The predicted molar refractivity (Wildman–Crippen MR) is 160 cm³/mol. The van der Waals surface area contributed by atoms with Gasteiger partial charge in [-0.2, -0.15) is 4.98 Å². The van der Waals surface area contributed by atoms with Gasteiger partial charge in [0.2, 0.25) is 5.91 Å². The number of nitrogens with zero attached hydrogens (tertiary/aromatic N) is 7. The molecule has 220 valence electrons. The molecule has 4 aromatic rings. The Morgan fingerprint density at radius 1 is 1.12 bits per heavy atom. The summed E-state index contributed by atoms with van der Waals surface area (Å²) in [5.74, 6) is -0.441. The van der Waals surface area contributed by atoms with E-state index in [0.717, 1.165) is 37.1 Å². The van der Waals surface area contributed by atoms with Gasteiger partial charge < -0.3 is 14.9 Å². The third-order valence-corrected chi connectivity index (χ3v) is 8.73. The molecule has 2 saturated carbocycles. The van der Waals surface area contributed by atoms with Crippen molar-refractivity contribution >= 4 is 34.4 Å². The molecule has 2 aliphatic carbocycles. The zero-order valence-electron chi connectivity index (χ0n) is 23.5. The lowest BCUT2D eigenvalue weighted by Crippen LogP contribution is -2.54. The molecule has 0 bridgehead atoms. The Hall–Kier alpha value is -4.38. The number of pyridine rings is 1. The van der Waals surface area contributed by atoms with Gasteiger partial charge in [0.05, 0.1) is 38.7 Å². The summed E-state index contributed by atoms with van der Waals surface area (Å²) in [4.78, 5) is 48.8. The van der Waals surface area contributed by atoms with Gasteiger partial charge in [-0.25, -0.2) is 28.7 Å². The Labute approximate surface area is 251 Å². The number of amides is 1. The van der Waals surface area contributed by atoms with Crippen molar-refractivity contribution in [3.8, 4) is 22.7 Å². The maximum absolute atomic E-state index is 15.1. The second-order valence-corrected chi connectivity index (χ2v) is 11.9. The highest BCUT2D eigenvalue weighted by atomic mass is 35.5. The van der Waals surface area contributed by atoms with E-state index in [9.17, 15) is 14.7 Å². The van der Waals surface area contributed by atoms with Crippen LogP contribution in [-0.4, -0.2) is 66.1 Å². The Balaban J connectivity index is 1.50. The average Bonchev–Trinajstić information content (AvgIpc) is 3.91. The van der Waals surface area contributed by atoms with E-state index in [1.165, 1.54) is 28.8 Å². The van der Waals surface area contributed by atoms with Gasteiger partial charge in [0, 0.05) is 37.5 Å². The quantitative estimate of drug-likeness (QED) is 0.316. The summed E-state index contributed by atoms with van der Waals surface area (Å²) in [6.07, 6.45) is 6.65. The summed E-state index contributed by atoms with van der Waals surface area (Å²) >= 11 is 6.76. The molecule has 1 saturated heterocycles. The first-order valence-electron chi connectivity index (χ1n) is 14.4. The maximum atomic E-state index is 15.1. The molecule has 1 atom stereocenters. The number of piperazine rings is 1. The Kier molecular flexibility index (Phi) is 6.65. The van der Waals surface area contributed by atoms with Crippen LogP contribution in [0.15, 0.2) is 48.0 Å². The summed E-state index contributed by atoms with van der Waals surface area (Å²) < 4.78 is 16.6. The van der Waals surface area contributed by atoms with Crippen LogP contribution in [0.2, 0.25) is 5.02 Å². The van der Waals surface area contributed by atoms with E-state index in [-0.39, 0.29) is 51.5 Å². The molecule has 12 heteroatoms. The van der Waals surface area contributed by atoms with Gasteiger partial charge in [-0.3, -0.25) is 4.79 Å². The SMILES string of the molecule is C=CC(=O)N1CCN(c2nc(=O)n(-c3c(C4CC4)ncnc3C3CC3)c3nc(-c4c(O)cccc4F)c(Cl)cc23)CC1C.